The number of carbonyl (C=O) groups excluding carboxylic acids is 1. The van der Waals surface area contributed by atoms with Crippen LogP contribution in [0.1, 0.15) is 30.1 Å². The molecular formula is C14H19NO4. The van der Waals surface area contributed by atoms with Crippen molar-refractivity contribution in [3.63, 3.8) is 0 Å². The van der Waals surface area contributed by atoms with E-state index in [-0.39, 0.29) is 12.5 Å². The van der Waals surface area contributed by atoms with Crippen LogP contribution in [0, 0.1) is 5.92 Å². The molecule has 0 radical (unpaired) electrons. The van der Waals surface area contributed by atoms with Gasteiger partial charge in [0, 0.05) is 6.54 Å². The Labute approximate surface area is 112 Å². The molecule has 0 heterocycles. The summed E-state index contributed by atoms with van der Waals surface area (Å²) in [6, 6.07) is 6.84. The van der Waals surface area contributed by atoms with E-state index in [0.29, 0.717) is 17.7 Å². The van der Waals surface area contributed by atoms with Crippen molar-refractivity contribution in [1.29, 1.82) is 0 Å². The van der Waals surface area contributed by atoms with Crippen LogP contribution in [0.5, 0.6) is 5.75 Å². The van der Waals surface area contributed by atoms with E-state index in [2.05, 4.69) is 5.32 Å². The molecule has 5 nitrogen and oxygen atoms in total. The highest BCUT2D eigenvalue weighted by Gasteiger charge is 2.18. The molecule has 1 unspecified atom stereocenters. The average molecular weight is 265 g/mol. The fraction of sp³-hybridized carbons (Fsp3) is 0.429. The Morgan fingerprint density at radius 2 is 2.05 bits per heavy atom. The Morgan fingerprint density at radius 3 is 2.63 bits per heavy atom. The van der Waals surface area contributed by atoms with Gasteiger partial charge in [0.25, 0.3) is 5.91 Å². The van der Waals surface area contributed by atoms with Crippen LogP contribution in [0.2, 0.25) is 0 Å². The number of carboxylic acids is 1. The van der Waals surface area contributed by atoms with Gasteiger partial charge in [-0.15, -0.1) is 0 Å². The van der Waals surface area contributed by atoms with Gasteiger partial charge in [0.15, 0.2) is 0 Å². The fourth-order valence-electron chi connectivity index (χ4n) is 1.80. The van der Waals surface area contributed by atoms with Crippen molar-refractivity contribution < 1.29 is 19.4 Å². The van der Waals surface area contributed by atoms with Crippen molar-refractivity contribution in [2.75, 3.05) is 13.7 Å². The van der Waals surface area contributed by atoms with Crippen molar-refractivity contribution in [2.45, 2.75) is 19.8 Å². The van der Waals surface area contributed by atoms with E-state index in [1.165, 1.54) is 7.11 Å². The minimum atomic E-state index is -0.887. The number of methoxy groups -OCH3 is 1. The number of rotatable bonds is 7. The lowest BCUT2D eigenvalue weighted by molar-refractivity contribution is -0.141. The molecule has 0 saturated carbocycles. The molecule has 1 aromatic rings. The first-order valence-electron chi connectivity index (χ1n) is 6.24. The average Bonchev–Trinajstić information content (AvgIpc) is 2.42. The summed E-state index contributed by atoms with van der Waals surface area (Å²) in [5.41, 5.74) is 0.408. The Bertz CT molecular complexity index is 445. The van der Waals surface area contributed by atoms with E-state index in [0.717, 1.165) is 6.42 Å². The third-order valence-corrected chi connectivity index (χ3v) is 2.85. The highest BCUT2D eigenvalue weighted by atomic mass is 16.5. The van der Waals surface area contributed by atoms with Gasteiger partial charge in [0.2, 0.25) is 0 Å². The molecule has 1 aromatic carbocycles. The molecular weight excluding hydrogens is 246 g/mol. The zero-order valence-electron chi connectivity index (χ0n) is 11.2. The first kappa shape index (κ1) is 15.0. The summed E-state index contributed by atoms with van der Waals surface area (Å²) >= 11 is 0. The number of carboxylic acid groups (broad SMARTS) is 1. The van der Waals surface area contributed by atoms with Gasteiger partial charge in [0.05, 0.1) is 18.6 Å². The molecule has 5 heteroatoms. The quantitative estimate of drug-likeness (QED) is 0.789. The molecule has 0 aliphatic rings. The zero-order valence-corrected chi connectivity index (χ0v) is 11.2. The molecule has 0 saturated heterocycles. The van der Waals surface area contributed by atoms with Gasteiger partial charge in [-0.3, -0.25) is 9.59 Å². The second kappa shape index (κ2) is 7.41. The number of benzene rings is 1. The number of hydrogen-bond acceptors (Lipinski definition) is 3. The van der Waals surface area contributed by atoms with E-state index in [1.54, 1.807) is 24.3 Å². The molecule has 19 heavy (non-hydrogen) atoms. The minimum Gasteiger partial charge on any atom is -0.496 e. The maximum atomic E-state index is 12.0. The molecule has 0 aromatic heterocycles. The lowest BCUT2D eigenvalue weighted by Gasteiger charge is -2.13. The Hall–Kier alpha value is -2.04. The second-order valence-corrected chi connectivity index (χ2v) is 4.23. The molecule has 0 aliphatic heterocycles. The number of ether oxygens (including phenoxy) is 1. The third-order valence-electron chi connectivity index (χ3n) is 2.85. The van der Waals surface area contributed by atoms with Crippen molar-refractivity contribution in [3.8, 4) is 5.75 Å². The van der Waals surface area contributed by atoms with Gasteiger partial charge in [-0.2, -0.15) is 0 Å². The summed E-state index contributed by atoms with van der Waals surface area (Å²) < 4.78 is 5.09. The summed E-state index contributed by atoms with van der Waals surface area (Å²) in [7, 11) is 1.49. The summed E-state index contributed by atoms with van der Waals surface area (Å²) in [5, 5.41) is 11.7. The third kappa shape index (κ3) is 4.28. The molecule has 2 N–H and O–H groups in total. The van der Waals surface area contributed by atoms with Crippen LogP contribution in [-0.4, -0.2) is 30.6 Å². The lowest BCUT2D eigenvalue weighted by Crippen LogP contribution is -2.33. The molecule has 104 valence electrons. The van der Waals surface area contributed by atoms with E-state index >= 15 is 0 Å². The molecule has 1 atom stereocenters. The molecule has 0 fully saturated rings. The number of nitrogens with one attached hydrogen (secondary N) is 1. The van der Waals surface area contributed by atoms with Crippen LogP contribution < -0.4 is 10.1 Å². The topological polar surface area (TPSA) is 75.6 Å². The van der Waals surface area contributed by atoms with Gasteiger partial charge in [0.1, 0.15) is 5.75 Å². The molecule has 0 spiro atoms. The van der Waals surface area contributed by atoms with Crippen LogP contribution in [0.3, 0.4) is 0 Å². The van der Waals surface area contributed by atoms with Gasteiger partial charge in [-0.1, -0.05) is 25.5 Å². The normalized spacial score (nSPS) is 11.7. The van der Waals surface area contributed by atoms with E-state index in [9.17, 15) is 9.59 Å². The molecule has 1 rings (SSSR count). The second-order valence-electron chi connectivity index (χ2n) is 4.23. The highest BCUT2D eigenvalue weighted by molar-refractivity contribution is 5.97. The van der Waals surface area contributed by atoms with Gasteiger partial charge >= 0.3 is 5.97 Å². The van der Waals surface area contributed by atoms with E-state index < -0.39 is 11.9 Å². The first-order chi connectivity index (χ1) is 9.10. The van der Waals surface area contributed by atoms with E-state index in [4.69, 9.17) is 9.84 Å². The van der Waals surface area contributed by atoms with Crippen molar-refractivity contribution >= 4 is 11.9 Å². The Kier molecular flexibility index (Phi) is 5.85. The number of carbonyl (C=O) groups is 2. The fourth-order valence-corrected chi connectivity index (χ4v) is 1.80. The predicted molar refractivity (Wildman–Crippen MR) is 71.4 cm³/mol. The minimum absolute atomic E-state index is 0.125. The SMILES string of the molecule is CCCC(CNC(=O)c1ccccc1OC)C(=O)O. The van der Waals surface area contributed by atoms with Gasteiger partial charge in [-0.25, -0.2) is 0 Å². The van der Waals surface area contributed by atoms with Crippen LogP contribution >= 0.6 is 0 Å². The number of hydrogen-bond donors (Lipinski definition) is 2. The Balaban J connectivity index is 2.66. The predicted octanol–water partition coefficient (Wildman–Crippen LogP) is 1.93. The van der Waals surface area contributed by atoms with Crippen molar-refractivity contribution in [2.24, 2.45) is 5.92 Å². The first-order valence-corrected chi connectivity index (χ1v) is 6.24. The highest BCUT2D eigenvalue weighted by Crippen LogP contribution is 2.17. The molecule has 0 bridgehead atoms. The largest absolute Gasteiger partial charge is 0.496 e. The van der Waals surface area contributed by atoms with Gasteiger partial charge in [-0.05, 0) is 18.6 Å². The Morgan fingerprint density at radius 1 is 1.37 bits per heavy atom. The van der Waals surface area contributed by atoms with Crippen LogP contribution in [0.25, 0.3) is 0 Å². The number of aliphatic carboxylic acids is 1. The smallest absolute Gasteiger partial charge is 0.308 e. The van der Waals surface area contributed by atoms with Crippen LogP contribution in [-0.2, 0) is 4.79 Å². The van der Waals surface area contributed by atoms with Crippen molar-refractivity contribution in [1.82, 2.24) is 5.32 Å². The summed E-state index contributed by atoms with van der Waals surface area (Å²) in [4.78, 5) is 23.0. The van der Waals surface area contributed by atoms with Gasteiger partial charge < -0.3 is 15.2 Å². The van der Waals surface area contributed by atoms with E-state index in [1.807, 2.05) is 6.92 Å². The van der Waals surface area contributed by atoms with Crippen LogP contribution in [0.4, 0.5) is 0 Å². The summed E-state index contributed by atoms with van der Waals surface area (Å²) in [5.74, 6) is -1.28. The van der Waals surface area contributed by atoms with Crippen molar-refractivity contribution in [3.05, 3.63) is 29.8 Å². The number of amides is 1. The lowest BCUT2D eigenvalue weighted by atomic mass is 10.0. The molecule has 0 aliphatic carbocycles. The summed E-state index contributed by atoms with van der Waals surface area (Å²) in [6.45, 7) is 2.04. The molecule has 1 amide bonds. The summed E-state index contributed by atoms with van der Waals surface area (Å²) in [6.07, 6.45) is 1.31. The number of para-hydroxylation sites is 1. The van der Waals surface area contributed by atoms with Crippen LogP contribution in [0.15, 0.2) is 24.3 Å². The standard InChI is InChI=1S/C14H19NO4/c1-3-6-10(14(17)18)9-15-13(16)11-7-4-5-8-12(11)19-2/h4-5,7-8,10H,3,6,9H2,1-2H3,(H,15,16)(H,17,18). The monoisotopic (exact) mass is 265 g/mol. The maximum Gasteiger partial charge on any atom is 0.308 e. The maximum absolute atomic E-state index is 12.0. The zero-order chi connectivity index (χ0) is 14.3.